The molecule has 0 atom stereocenters. The van der Waals surface area contributed by atoms with Crippen LogP contribution in [0.15, 0.2) is 42.5 Å². The summed E-state index contributed by atoms with van der Waals surface area (Å²) in [7, 11) is 4.40. The first kappa shape index (κ1) is 21.2. The monoisotopic (exact) mass is 420 g/mol. The number of amides is 1. The average Bonchev–Trinajstić information content (AvgIpc) is 2.74. The Morgan fingerprint density at radius 2 is 1.63 bits per heavy atom. The second-order valence-electron chi connectivity index (χ2n) is 6.28. The van der Waals surface area contributed by atoms with Crippen molar-refractivity contribution in [1.82, 2.24) is 10.3 Å². The fraction of sp³-hybridized carbons (Fsp3) is 0.238. The third-order valence-electron chi connectivity index (χ3n) is 4.37. The van der Waals surface area contributed by atoms with E-state index in [0.717, 1.165) is 0 Å². The highest BCUT2D eigenvalue weighted by Gasteiger charge is 2.28. The number of carbonyl (C=O) groups excluding carboxylic acids is 1. The van der Waals surface area contributed by atoms with Crippen molar-refractivity contribution in [2.75, 3.05) is 27.9 Å². The van der Waals surface area contributed by atoms with Gasteiger partial charge in [0.1, 0.15) is 6.54 Å². The fourth-order valence-electron chi connectivity index (χ4n) is 3.02. The van der Waals surface area contributed by atoms with E-state index in [1.54, 1.807) is 36.4 Å². The number of methoxy groups -OCH3 is 3. The van der Waals surface area contributed by atoms with Crippen molar-refractivity contribution in [2.24, 2.45) is 0 Å². The highest BCUT2D eigenvalue weighted by molar-refractivity contribution is 6.07. The minimum absolute atomic E-state index is 0.0774. The lowest BCUT2D eigenvalue weighted by molar-refractivity contribution is -0.123. The third-order valence-corrected chi connectivity index (χ3v) is 4.37. The molecule has 2 aromatic carbocycles. The molecule has 3 aromatic rings. The second kappa shape index (κ2) is 8.48. The van der Waals surface area contributed by atoms with Crippen LogP contribution in [0.4, 0.5) is 13.2 Å². The van der Waals surface area contributed by atoms with E-state index in [4.69, 9.17) is 14.2 Å². The summed E-state index contributed by atoms with van der Waals surface area (Å²) < 4.78 is 53.7. The summed E-state index contributed by atoms with van der Waals surface area (Å²) in [5.41, 5.74) is 1.44. The zero-order valence-corrected chi connectivity index (χ0v) is 16.5. The molecule has 0 bridgehead atoms. The molecule has 0 aliphatic heterocycles. The van der Waals surface area contributed by atoms with Crippen LogP contribution >= 0.6 is 0 Å². The van der Waals surface area contributed by atoms with Gasteiger partial charge in [0.2, 0.25) is 5.75 Å². The van der Waals surface area contributed by atoms with Crippen molar-refractivity contribution < 1.29 is 32.2 Å². The molecular weight excluding hydrogens is 401 g/mol. The summed E-state index contributed by atoms with van der Waals surface area (Å²) in [6.07, 6.45) is -4.52. The van der Waals surface area contributed by atoms with Gasteiger partial charge in [-0.3, -0.25) is 4.79 Å². The van der Waals surface area contributed by atoms with Gasteiger partial charge in [-0.1, -0.05) is 18.2 Å². The minimum Gasteiger partial charge on any atom is -0.493 e. The van der Waals surface area contributed by atoms with E-state index in [2.05, 4.69) is 4.98 Å². The molecular formula is C21H19F3N2O4. The summed E-state index contributed by atoms with van der Waals surface area (Å²) in [5, 5.41) is 2.35. The van der Waals surface area contributed by atoms with Crippen molar-refractivity contribution in [1.29, 1.82) is 0 Å². The largest absolute Gasteiger partial charge is 0.493 e. The van der Waals surface area contributed by atoms with Crippen LogP contribution in [-0.2, 0) is 0 Å². The number of rotatable bonds is 6. The molecule has 1 heterocycles. The average molecular weight is 420 g/mol. The maximum Gasteiger partial charge on any atom is 0.405 e. The maximum absolute atomic E-state index is 12.6. The summed E-state index contributed by atoms with van der Waals surface area (Å²) in [6, 6.07) is 11.5. The van der Waals surface area contributed by atoms with Crippen LogP contribution < -0.4 is 19.5 Å². The van der Waals surface area contributed by atoms with Gasteiger partial charge >= 0.3 is 6.18 Å². The Hall–Kier alpha value is -3.49. The van der Waals surface area contributed by atoms with Gasteiger partial charge in [0, 0.05) is 10.9 Å². The summed E-state index contributed by atoms with van der Waals surface area (Å²) in [6.45, 7) is -1.43. The summed E-state index contributed by atoms with van der Waals surface area (Å²) >= 11 is 0. The number of carbonyl (C=O) groups is 1. The maximum atomic E-state index is 12.6. The van der Waals surface area contributed by atoms with E-state index in [1.165, 1.54) is 27.4 Å². The molecule has 1 amide bonds. The summed E-state index contributed by atoms with van der Waals surface area (Å²) in [4.78, 5) is 17.1. The van der Waals surface area contributed by atoms with Crippen LogP contribution in [0.2, 0.25) is 0 Å². The Kier molecular flexibility index (Phi) is 6.00. The first-order valence-electron chi connectivity index (χ1n) is 8.82. The molecule has 0 aliphatic carbocycles. The number of fused-ring (bicyclic) bond motifs is 1. The van der Waals surface area contributed by atoms with E-state index < -0.39 is 18.6 Å². The van der Waals surface area contributed by atoms with Crippen LogP contribution in [-0.4, -0.2) is 44.9 Å². The van der Waals surface area contributed by atoms with Crippen molar-refractivity contribution in [2.45, 2.75) is 6.18 Å². The van der Waals surface area contributed by atoms with Gasteiger partial charge in [0.05, 0.1) is 38.1 Å². The molecule has 0 unspecified atom stereocenters. The number of aromatic nitrogens is 1. The number of hydrogen-bond donors (Lipinski definition) is 1. The molecule has 0 spiro atoms. The third kappa shape index (κ3) is 4.40. The molecule has 9 heteroatoms. The SMILES string of the molecule is COc1cc(-c2cc(C(=O)NCC(F)(F)F)c3ccccc3n2)cc(OC)c1OC. The molecule has 1 N–H and O–H groups in total. The molecule has 6 nitrogen and oxygen atoms in total. The number of ether oxygens (including phenoxy) is 3. The molecule has 0 radical (unpaired) electrons. The van der Waals surface area contributed by atoms with Gasteiger partial charge in [-0.2, -0.15) is 13.2 Å². The first-order valence-corrected chi connectivity index (χ1v) is 8.82. The zero-order valence-electron chi connectivity index (χ0n) is 16.5. The number of nitrogens with zero attached hydrogens (tertiary/aromatic N) is 1. The van der Waals surface area contributed by atoms with E-state index in [0.29, 0.717) is 39.4 Å². The number of alkyl halides is 3. The number of hydrogen-bond acceptors (Lipinski definition) is 5. The summed E-state index contributed by atoms with van der Waals surface area (Å²) in [5.74, 6) is 0.294. The first-order chi connectivity index (χ1) is 14.3. The van der Waals surface area contributed by atoms with Crippen LogP contribution in [0.3, 0.4) is 0 Å². The zero-order chi connectivity index (χ0) is 21.9. The topological polar surface area (TPSA) is 69.7 Å². The lowest BCUT2D eigenvalue weighted by Gasteiger charge is -2.15. The minimum atomic E-state index is -4.52. The van der Waals surface area contributed by atoms with Crippen molar-refractivity contribution in [3.05, 3.63) is 48.0 Å². The van der Waals surface area contributed by atoms with E-state index in [9.17, 15) is 18.0 Å². The lowest BCUT2D eigenvalue weighted by atomic mass is 10.0. The Morgan fingerprint density at radius 1 is 1.00 bits per heavy atom. The predicted molar refractivity (Wildman–Crippen MR) is 105 cm³/mol. The molecule has 3 rings (SSSR count). The quantitative estimate of drug-likeness (QED) is 0.647. The highest BCUT2D eigenvalue weighted by atomic mass is 19.4. The van der Waals surface area contributed by atoms with E-state index in [-0.39, 0.29) is 5.56 Å². The Labute approximate surface area is 170 Å². The van der Waals surface area contributed by atoms with Gasteiger partial charge in [0.15, 0.2) is 11.5 Å². The molecule has 1 aromatic heterocycles. The highest BCUT2D eigenvalue weighted by Crippen LogP contribution is 2.41. The smallest absolute Gasteiger partial charge is 0.405 e. The van der Waals surface area contributed by atoms with E-state index >= 15 is 0 Å². The Morgan fingerprint density at radius 3 is 2.20 bits per heavy atom. The molecule has 30 heavy (non-hydrogen) atoms. The number of benzene rings is 2. The van der Waals surface area contributed by atoms with Crippen molar-refractivity contribution in [3.8, 4) is 28.5 Å². The lowest BCUT2D eigenvalue weighted by Crippen LogP contribution is -2.33. The van der Waals surface area contributed by atoms with Crippen LogP contribution in [0, 0.1) is 0 Å². The fourth-order valence-corrected chi connectivity index (χ4v) is 3.02. The second-order valence-corrected chi connectivity index (χ2v) is 6.28. The number of pyridine rings is 1. The molecule has 158 valence electrons. The van der Waals surface area contributed by atoms with Gasteiger partial charge in [-0.25, -0.2) is 4.98 Å². The number of para-hydroxylation sites is 1. The predicted octanol–water partition coefficient (Wildman–Crippen LogP) is 4.22. The number of nitrogens with one attached hydrogen (secondary N) is 1. The van der Waals surface area contributed by atoms with Gasteiger partial charge in [-0.15, -0.1) is 0 Å². The van der Waals surface area contributed by atoms with Crippen molar-refractivity contribution in [3.63, 3.8) is 0 Å². The van der Waals surface area contributed by atoms with Crippen LogP contribution in [0.1, 0.15) is 10.4 Å². The van der Waals surface area contributed by atoms with Gasteiger partial charge in [0.25, 0.3) is 5.91 Å². The van der Waals surface area contributed by atoms with Gasteiger partial charge < -0.3 is 19.5 Å². The normalized spacial score (nSPS) is 11.3. The van der Waals surface area contributed by atoms with Gasteiger partial charge in [-0.05, 0) is 24.3 Å². The van der Waals surface area contributed by atoms with E-state index in [1.807, 2.05) is 5.32 Å². The van der Waals surface area contributed by atoms with Crippen molar-refractivity contribution >= 4 is 16.8 Å². The Balaban J connectivity index is 2.15. The van der Waals surface area contributed by atoms with Crippen LogP contribution in [0.25, 0.3) is 22.2 Å². The molecule has 0 aliphatic rings. The van der Waals surface area contributed by atoms with Crippen LogP contribution in [0.5, 0.6) is 17.2 Å². The molecule has 0 saturated heterocycles. The standard InChI is InChI=1S/C21H19F3N2O4/c1-28-17-8-12(9-18(29-2)19(17)30-3)16-10-14(20(27)25-11-21(22,23)24)13-6-4-5-7-15(13)26-16/h4-10H,11H2,1-3H3,(H,25,27). The number of halogens is 3. The Bertz CT molecular complexity index is 1060. The molecule has 0 fully saturated rings. The molecule has 0 saturated carbocycles.